The van der Waals surface area contributed by atoms with E-state index in [9.17, 15) is 0 Å². The fourth-order valence-corrected chi connectivity index (χ4v) is 2.26. The molecule has 0 aromatic heterocycles. The van der Waals surface area contributed by atoms with Crippen LogP contribution in [0.25, 0.3) is 0 Å². The van der Waals surface area contributed by atoms with Gasteiger partial charge in [-0.3, -0.25) is 0 Å². The molecule has 1 aromatic rings. The molecule has 0 saturated heterocycles. The Balaban J connectivity index is 2.78. The molecular formula is C16H27N. The maximum Gasteiger partial charge on any atom is 0.0131 e. The molecule has 1 atom stereocenters. The Bertz CT molecular complexity index is 321. The van der Waals surface area contributed by atoms with Gasteiger partial charge in [0, 0.05) is 6.04 Å². The van der Waals surface area contributed by atoms with Crippen LogP contribution < -0.4 is 5.32 Å². The number of nitrogens with one attached hydrogen (secondary N) is 1. The van der Waals surface area contributed by atoms with Gasteiger partial charge < -0.3 is 5.32 Å². The van der Waals surface area contributed by atoms with Crippen LogP contribution in [0.1, 0.15) is 43.9 Å². The van der Waals surface area contributed by atoms with Crippen LogP contribution in [0, 0.1) is 19.8 Å². The molecule has 1 N–H and O–H groups in total. The minimum Gasteiger partial charge on any atom is -0.313 e. The standard InChI is InChI=1S/C16H27N/c1-6-10-17-16(12(2)3)11-15-13(4)8-7-9-14(15)5/h7-9,12,16-17H,6,10-11H2,1-5H3. The molecule has 1 heteroatoms. The highest BCUT2D eigenvalue weighted by Crippen LogP contribution is 2.18. The zero-order valence-electron chi connectivity index (χ0n) is 12.0. The normalized spacial score (nSPS) is 13.1. The lowest BCUT2D eigenvalue weighted by molar-refractivity contribution is 0.396. The molecule has 0 aliphatic carbocycles. The average molecular weight is 233 g/mol. The summed E-state index contributed by atoms with van der Waals surface area (Å²) in [5, 5.41) is 3.67. The number of hydrogen-bond donors (Lipinski definition) is 1. The first kappa shape index (κ1) is 14.2. The molecule has 1 nitrogen and oxygen atoms in total. The summed E-state index contributed by atoms with van der Waals surface area (Å²) in [6.07, 6.45) is 2.35. The molecule has 0 spiro atoms. The van der Waals surface area contributed by atoms with Crippen LogP contribution in [0.4, 0.5) is 0 Å². The van der Waals surface area contributed by atoms with E-state index in [1.54, 1.807) is 0 Å². The molecule has 0 fully saturated rings. The van der Waals surface area contributed by atoms with Gasteiger partial charge in [-0.05, 0) is 55.8 Å². The van der Waals surface area contributed by atoms with Gasteiger partial charge in [0.25, 0.3) is 0 Å². The van der Waals surface area contributed by atoms with Gasteiger partial charge in [0.05, 0.1) is 0 Å². The summed E-state index contributed by atoms with van der Waals surface area (Å²) in [4.78, 5) is 0. The largest absolute Gasteiger partial charge is 0.313 e. The first-order chi connectivity index (χ1) is 8.06. The summed E-state index contributed by atoms with van der Waals surface area (Å²) in [5.41, 5.74) is 4.37. The molecule has 0 aliphatic rings. The molecular weight excluding hydrogens is 206 g/mol. The van der Waals surface area contributed by atoms with E-state index in [2.05, 4.69) is 58.1 Å². The maximum absolute atomic E-state index is 3.67. The second kappa shape index (κ2) is 6.80. The second-order valence-corrected chi connectivity index (χ2v) is 5.38. The Hall–Kier alpha value is -0.820. The van der Waals surface area contributed by atoms with E-state index in [0.717, 1.165) is 13.0 Å². The lowest BCUT2D eigenvalue weighted by atomic mass is 9.91. The maximum atomic E-state index is 3.67. The Morgan fingerprint density at radius 1 is 1.12 bits per heavy atom. The number of hydrogen-bond acceptors (Lipinski definition) is 1. The predicted molar refractivity (Wildman–Crippen MR) is 76.5 cm³/mol. The summed E-state index contributed by atoms with van der Waals surface area (Å²) >= 11 is 0. The van der Waals surface area contributed by atoms with Crippen molar-refractivity contribution in [3.05, 3.63) is 34.9 Å². The molecule has 96 valence electrons. The van der Waals surface area contributed by atoms with E-state index in [-0.39, 0.29) is 0 Å². The van der Waals surface area contributed by atoms with Crippen molar-refractivity contribution in [3.8, 4) is 0 Å². The van der Waals surface area contributed by atoms with Gasteiger partial charge in [-0.2, -0.15) is 0 Å². The van der Waals surface area contributed by atoms with Gasteiger partial charge in [-0.15, -0.1) is 0 Å². The minimum atomic E-state index is 0.592. The van der Waals surface area contributed by atoms with Crippen LogP contribution in [0.5, 0.6) is 0 Å². The first-order valence-electron chi connectivity index (χ1n) is 6.84. The predicted octanol–water partition coefficient (Wildman–Crippen LogP) is 3.87. The number of aryl methyl sites for hydroxylation is 2. The number of benzene rings is 1. The van der Waals surface area contributed by atoms with Gasteiger partial charge in [-0.25, -0.2) is 0 Å². The Kier molecular flexibility index (Phi) is 5.70. The third kappa shape index (κ3) is 4.16. The van der Waals surface area contributed by atoms with Crippen molar-refractivity contribution in [1.82, 2.24) is 5.32 Å². The smallest absolute Gasteiger partial charge is 0.0131 e. The highest BCUT2D eigenvalue weighted by molar-refractivity contribution is 5.34. The molecule has 0 saturated carbocycles. The average Bonchev–Trinajstić information content (AvgIpc) is 2.27. The molecule has 1 rings (SSSR count). The Morgan fingerprint density at radius 2 is 1.71 bits per heavy atom. The minimum absolute atomic E-state index is 0.592. The molecule has 0 heterocycles. The summed E-state index contributed by atoms with van der Waals surface area (Å²) in [7, 11) is 0. The highest BCUT2D eigenvalue weighted by Gasteiger charge is 2.15. The summed E-state index contributed by atoms with van der Waals surface area (Å²) < 4.78 is 0. The molecule has 0 radical (unpaired) electrons. The lowest BCUT2D eigenvalue weighted by Crippen LogP contribution is -2.36. The Morgan fingerprint density at radius 3 is 2.18 bits per heavy atom. The van der Waals surface area contributed by atoms with E-state index in [1.165, 1.54) is 23.1 Å². The van der Waals surface area contributed by atoms with E-state index < -0.39 is 0 Å². The van der Waals surface area contributed by atoms with Crippen LogP contribution in [0.15, 0.2) is 18.2 Å². The lowest BCUT2D eigenvalue weighted by Gasteiger charge is -2.24. The van der Waals surface area contributed by atoms with Gasteiger partial charge in [0.15, 0.2) is 0 Å². The van der Waals surface area contributed by atoms with Crippen molar-refractivity contribution in [1.29, 1.82) is 0 Å². The third-order valence-corrected chi connectivity index (χ3v) is 3.53. The van der Waals surface area contributed by atoms with Gasteiger partial charge in [0.1, 0.15) is 0 Å². The highest BCUT2D eigenvalue weighted by atomic mass is 14.9. The van der Waals surface area contributed by atoms with Crippen LogP contribution in [-0.2, 0) is 6.42 Å². The monoisotopic (exact) mass is 233 g/mol. The van der Waals surface area contributed by atoms with Crippen molar-refractivity contribution < 1.29 is 0 Å². The van der Waals surface area contributed by atoms with Crippen molar-refractivity contribution in [2.45, 2.75) is 53.5 Å². The van der Waals surface area contributed by atoms with Gasteiger partial charge >= 0.3 is 0 Å². The first-order valence-corrected chi connectivity index (χ1v) is 6.84. The van der Waals surface area contributed by atoms with Gasteiger partial charge in [0.2, 0.25) is 0 Å². The van der Waals surface area contributed by atoms with Crippen molar-refractivity contribution in [2.75, 3.05) is 6.54 Å². The molecule has 17 heavy (non-hydrogen) atoms. The Labute approximate surface area is 107 Å². The number of rotatable bonds is 6. The van der Waals surface area contributed by atoms with E-state index in [1.807, 2.05) is 0 Å². The van der Waals surface area contributed by atoms with Crippen molar-refractivity contribution in [3.63, 3.8) is 0 Å². The topological polar surface area (TPSA) is 12.0 Å². The fraction of sp³-hybridized carbons (Fsp3) is 0.625. The quantitative estimate of drug-likeness (QED) is 0.786. The van der Waals surface area contributed by atoms with Crippen molar-refractivity contribution in [2.24, 2.45) is 5.92 Å². The van der Waals surface area contributed by atoms with E-state index in [0.29, 0.717) is 12.0 Å². The summed E-state index contributed by atoms with van der Waals surface area (Å²) in [6.45, 7) is 12.4. The van der Waals surface area contributed by atoms with E-state index >= 15 is 0 Å². The molecule has 1 unspecified atom stereocenters. The SMILES string of the molecule is CCCNC(Cc1c(C)cccc1C)C(C)C. The van der Waals surface area contributed by atoms with E-state index in [4.69, 9.17) is 0 Å². The zero-order chi connectivity index (χ0) is 12.8. The molecule has 0 aliphatic heterocycles. The fourth-order valence-electron chi connectivity index (χ4n) is 2.26. The zero-order valence-corrected chi connectivity index (χ0v) is 12.0. The summed E-state index contributed by atoms with van der Waals surface area (Å²) in [6, 6.07) is 7.19. The van der Waals surface area contributed by atoms with Gasteiger partial charge in [-0.1, -0.05) is 39.0 Å². The van der Waals surface area contributed by atoms with Crippen molar-refractivity contribution >= 4 is 0 Å². The molecule has 0 amide bonds. The van der Waals surface area contributed by atoms with Crippen LogP contribution in [0.3, 0.4) is 0 Å². The second-order valence-electron chi connectivity index (χ2n) is 5.38. The molecule has 0 bridgehead atoms. The summed E-state index contributed by atoms with van der Waals surface area (Å²) in [5.74, 6) is 0.681. The van der Waals surface area contributed by atoms with Crippen LogP contribution in [0.2, 0.25) is 0 Å². The third-order valence-electron chi connectivity index (χ3n) is 3.53. The van der Waals surface area contributed by atoms with Crippen LogP contribution >= 0.6 is 0 Å². The molecule has 1 aromatic carbocycles. The van der Waals surface area contributed by atoms with Crippen LogP contribution in [-0.4, -0.2) is 12.6 Å².